The van der Waals surface area contributed by atoms with E-state index in [1.54, 1.807) is 12.1 Å². The summed E-state index contributed by atoms with van der Waals surface area (Å²) >= 11 is 0. The van der Waals surface area contributed by atoms with Crippen LogP contribution in [0.25, 0.3) is 0 Å². The van der Waals surface area contributed by atoms with Crippen molar-refractivity contribution in [2.75, 3.05) is 0 Å². The van der Waals surface area contributed by atoms with E-state index in [9.17, 15) is 19.4 Å². The lowest BCUT2D eigenvalue weighted by molar-refractivity contribution is -0.206. The van der Waals surface area contributed by atoms with Crippen molar-refractivity contribution in [2.24, 2.45) is 34.5 Å². The molecule has 9 atom stereocenters. The van der Waals surface area contributed by atoms with E-state index in [4.69, 9.17) is 9.47 Å². The molecular weight excluding hydrogens is 543 g/mol. The molecule has 1 aliphatic heterocycles. The van der Waals surface area contributed by atoms with Gasteiger partial charge in [-0.15, -0.1) is 0 Å². The highest BCUT2D eigenvalue weighted by atomic mass is 19.1. The number of ether oxygens (including phenoxy) is 2. The zero-order chi connectivity index (χ0) is 31.6. The normalized spacial score (nSPS) is 42.2. The highest BCUT2D eigenvalue weighted by Gasteiger charge is 2.58. The molecule has 0 unspecified atom stereocenters. The molecule has 0 bridgehead atoms. The van der Waals surface area contributed by atoms with Crippen molar-refractivity contribution >= 4 is 5.97 Å². The lowest BCUT2D eigenvalue weighted by Gasteiger charge is -2.54. The fraction of sp³-hybridized carbons (Fsp3) is 0.757. The van der Waals surface area contributed by atoms with Gasteiger partial charge in [-0.1, -0.05) is 44.6 Å². The van der Waals surface area contributed by atoms with Gasteiger partial charge in [0.25, 0.3) is 0 Å². The zero-order valence-electron chi connectivity index (χ0n) is 27.7. The standard InChI is InChI=1S/C37H55FO5/c1-23-13-14-27-26(17-21-36(27,7)40)33(2,3)25(23)15-16-29-35(6)20-18-30(42-32(39)24-11-9-10-12-28(24)38)34(4,5)43-31(35)19-22-37(29,8)41/h9-13,25-27,29-31,40-41H,14-22H2,1-8H3/t25-,26+,27+,29+,30+,31+,35+,36+,37-/m1/s1. The predicted molar refractivity (Wildman–Crippen MR) is 167 cm³/mol. The molecule has 1 aromatic carbocycles. The molecule has 5 rings (SSSR count). The number of halogens is 1. The maximum absolute atomic E-state index is 14.4. The number of hydrogen-bond donors (Lipinski definition) is 2. The van der Waals surface area contributed by atoms with Crippen LogP contribution in [-0.4, -0.2) is 45.2 Å². The maximum atomic E-state index is 14.4. The smallest absolute Gasteiger partial charge is 0.341 e. The zero-order valence-corrected chi connectivity index (χ0v) is 27.7. The maximum Gasteiger partial charge on any atom is 0.341 e. The second-order valence-corrected chi connectivity index (χ2v) is 16.3. The van der Waals surface area contributed by atoms with Crippen molar-refractivity contribution in [2.45, 2.75) is 142 Å². The average Bonchev–Trinajstić information content (AvgIpc) is 3.12. The van der Waals surface area contributed by atoms with Crippen LogP contribution >= 0.6 is 0 Å². The Bertz CT molecular complexity index is 1230. The van der Waals surface area contributed by atoms with E-state index in [-0.39, 0.29) is 34.3 Å². The number of rotatable bonds is 5. The summed E-state index contributed by atoms with van der Waals surface area (Å²) in [6.07, 6.45) is 9.17. The van der Waals surface area contributed by atoms with Gasteiger partial charge in [-0.25, -0.2) is 9.18 Å². The lowest BCUT2D eigenvalue weighted by Crippen LogP contribution is -2.56. The molecule has 0 radical (unpaired) electrons. The van der Waals surface area contributed by atoms with Gasteiger partial charge in [0.1, 0.15) is 11.9 Å². The number of hydrogen-bond acceptors (Lipinski definition) is 5. The van der Waals surface area contributed by atoms with Gasteiger partial charge >= 0.3 is 5.97 Å². The van der Waals surface area contributed by atoms with Gasteiger partial charge in [0.15, 0.2) is 0 Å². The van der Waals surface area contributed by atoms with Gasteiger partial charge in [-0.2, -0.15) is 0 Å². The van der Waals surface area contributed by atoms with E-state index in [1.807, 2.05) is 27.7 Å². The van der Waals surface area contributed by atoms with Crippen LogP contribution in [0.15, 0.2) is 35.9 Å². The number of fused-ring (bicyclic) bond motifs is 2. The third-order valence-corrected chi connectivity index (χ3v) is 12.8. The van der Waals surface area contributed by atoms with Gasteiger partial charge in [-0.05, 0) is 139 Å². The molecule has 0 spiro atoms. The Balaban J connectivity index is 1.37. The Hall–Kier alpha value is -1.76. The summed E-state index contributed by atoms with van der Waals surface area (Å²) in [4.78, 5) is 13.0. The van der Waals surface area contributed by atoms with E-state index >= 15 is 0 Å². The molecule has 2 saturated carbocycles. The molecule has 3 fully saturated rings. The topological polar surface area (TPSA) is 76.0 Å². The Morgan fingerprint density at radius 1 is 0.930 bits per heavy atom. The quantitative estimate of drug-likeness (QED) is 0.265. The third-order valence-electron chi connectivity index (χ3n) is 12.8. The second kappa shape index (κ2) is 11.2. The minimum absolute atomic E-state index is 0.00454. The predicted octanol–water partition coefficient (Wildman–Crippen LogP) is 8.03. The van der Waals surface area contributed by atoms with Crippen LogP contribution in [-0.2, 0) is 9.47 Å². The monoisotopic (exact) mass is 598 g/mol. The first-order valence-electron chi connectivity index (χ1n) is 16.6. The molecule has 43 heavy (non-hydrogen) atoms. The van der Waals surface area contributed by atoms with E-state index < -0.39 is 34.7 Å². The van der Waals surface area contributed by atoms with Gasteiger partial charge in [0.05, 0.1) is 28.5 Å². The van der Waals surface area contributed by atoms with Crippen LogP contribution in [0.3, 0.4) is 0 Å². The number of esters is 1. The summed E-state index contributed by atoms with van der Waals surface area (Å²) in [5.41, 5.74) is -1.14. The van der Waals surface area contributed by atoms with E-state index in [2.05, 4.69) is 33.8 Å². The summed E-state index contributed by atoms with van der Waals surface area (Å²) in [6, 6.07) is 5.93. The Kier molecular flexibility index (Phi) is 8.53. The molecule has 1 heterocycles. The minimum atomic E-state index is -0.839. The lowest BCUT2D eigenvalue weighted by atomic mass is 9.55. The first-order valence-corrected chi connectivity index (χ1v) is 16.6. The van der Waals surface area contributed by atoms with Crippen LogP contribution in [0.1, 0.15) is 124 Å². The van der Waals surface area contributed by atoms with Crippen molar-refractivity contribution in [3.8, 4) is 0 Å². The SMILES string of the molecule is CC1=CC[C@H]2[C@H](CC[C@]2(C)O)C(C)(C)[C@@H]1CC[C@H]1[C@]2(C)CC[C@H](OC(=O)c3ccccc3F)C(C)(C)O[C@H]2CC[C@@]1(C)O. The highest BCUT2D eigenvalue weighted by Crippen LogP contribution is 2.59. The first-order chi connectivity index (χ1) is 19.9. The van der Waals surface area contributed by atoms with Crippen LogP contribution in [0.5, 0.6) is 0 Å². The Morgan fingerprint density at radius 3 is 2.30 bits per heavy atom. The van der Waals surface area contributed by atoms with Crippen molar-refractivity contribution in [1.29, 1.82) is 0 Å². The van der Waals surface area contributed by atoms with Crippen LogP contribution < -0.4 is 0 Å². The number of aliphatic hydroxyl groups is 2. The molecular formula is C37H55FO5. The molecule has 6 heteroatoms. The molecule has 1 aromatic rings. The fourth-order valence-corrected chi connectivity index (χ4v) is 10.1. The summed E-state index contributed by atoms with van der Waals surface area (Å²) in [7, 11) is 0. The summed E-state index contributed by atoms with van der Waals surface area (Å²) < 4.78 is 27.2. The second-order valence-electron chi connectivity index (χ2n) is 16.3. The van der Waals surface area contributed by atoms with Crippen molar-refractivity contribution in [3.63, 3.8) is 0 Å². The van der Waals surface area contributed by atoms with Crippen LogP contribution in [0.2, 0.25) is 0 Å². The number of carbonyl (C=O) groups is 1. The third kappa shape index (κ3) is 5.86. The molecule has 1 saturated heterocycles. The average molecular weight is 599 g/mol. The van der Waals surface area contributed by atoms with E-state index in [1.165, 1.54) is 17.7 Å². The molecule has 5 nitrogen and oxygen atoms in total. The molecule has 240 valence electrons. The minimum Gasteiger partial charge on any atom is -0.456 e. The van der Waals surface area contributed by atoms with E-state index in [0.717, 1.165) is 44.9 Å². The Labute approximate surface area is 258 Å². The summed E-state index contributed by atoms with van der Waals surface area (Å²) in [6.45, 7) is 17.3. The number of carbonyl (C=O) groups excluding carboxylic acids is 1. The van der Waals surface area contributed by atoms with Crippen LogP contribution in [0.4, 0.5) is 4.39 Å². The van der Waals surface area contributed by atoms with Gasteiger partial charge < -0.3 is 19.7 Å². The first kappa shape index (κ1) is 32.6. The van der Waals surface area contributed by atoms with Gasteiger partial charge in [0.2, 0.25) is 0 Å². The van der Waals surface area contributed by atoms with Gasteiger partial charge in [0, 0.05) is 0 Å². The van der Waals surface area contributed by atoms with E-state index in [0.29, 0.717) is 24.7 Å². The molecule has 0 amide bonds. The summed E-state index contributed by atoms with van der Waals surface area (Å²) in [5, 5.41) is 23.1. The van der Waals surface area contributed by atoms with Crippen molar-refractivity contribution in [1.82, 2.24) is 0 Å². The highest BCUT2D eigenvalue weighted by molar-refractivity contribution is 5.89. The molecule has 4 aliphatic rings. The Morgan fingerprint density at radius 2 is 1.60 bits per heavy atom. The number of benzene rings is 1. The molecule has 3 aliphatic carbocycles. The largest absolute Gasteiger partial charge is 0.456 e. The van der Waals surface area contributed by atoms with Crippen LogP contribution in [0, 0.1) is 40.3 Å². The molecule has 0 aromatic heterocycles. The van der Waals surface area contributed by atoms with Crippen molar-refractivity contribution < 1.29 is 28.9 Å². The fourth-order valence-electron chi connectivity index (χ4n) is 10.1. The van der Waals surface area contributed by atoms with Gasteiger partial charge in [-0.3, -0.25) is 0 Å². The number of allylic oxidation sites excluding steroid dienone is 2. The summed E-state index contributed by atoms with van der Waals surface area (Å²) in [5.74, 6) is -0.138. The molecule has 2 N–H and O–H groups in total. The van der Waals surface area contributed by atoms with Crippen molar-refractivity contribution in [3.05, 3.63) is 47.3 Å².